The van der Waals surface area contributed by atoms with Crippen molar-refractivity contribution < 1.29 is 4.79 Å². The summed E-state index contributed by atoms with van der Waals surface area (Å²) in [5.41, 5.74) is 2.50. The summed E-state index contributed by atoms with van der Waals surface area (Å²) in [5.74, 6) is 0.902. The highest BCUT2D eigenvalue weighted by molar-refractivity contribution is 5.85. The van der Waals surface area contributed by atoms with Crippen LogP contribution in [0.25, 0.3) is 0 Å². The van der Waals surface area contributed by atoms with Gasteiger partial charge in [0.1, 0.15) is 0 Å². The maximum absolute atomic E-state index is 11.9. The lowest BCUT2D eigenvalue weighted by atomic mass is 9.94. The number of carbonyl (C=O) groups excluding carboxylic acids is 1. The van der Waals surface area contributed by atoms with E-state index in [2.05, 4.69) is 38.1 Å². The van der Waals surface area contributed by atoms with Crippen LogP contribution in [0.1, 0.15) is 43.2 Å². The summed E-state index contributed by atoms with van der Waals surface area (Å²) in [6.07, 6.45) is 0.955. The second-order valence-electron chi connectivity index (χ2n) is 4.92. The van der Waals surface area contributed by atoms with Gasteiger partial charge < -0.3 is 4.90 Å². The van der Waals surface area contributed by atoms with Crippen molar-refractivity contribution in [2.75, 3.05) is 13.6 Å². The summed E-state index contributed by atoms with van der Waals surface area (Å²) in [7, 11) is 1.88. The van der Waals surface area contributed by atoms with E-state index >= 15 is 0 Å². The van der Waals surface area contributed by atoms with Gasteiger partial charge in [-0.25, -0.2) is 0 Å². The van der Waals surface area contributed by atoms with Crippen molar-refractivity contribution in [1.29, 1.82) is 0 Å². The lowest BCUT2D eigenvalue weighted by Gasteiger charge is -2.12. The van der Waals surface area contributed by atoms with Crippen LogP contribution in [0, 0.1) is 0 Å². The Labute approximate surface area is 97.3 Å². The van der Waals surface area contributed by atoms with Crippen LogP contribution in [-0.4, -0.2) is 24.4 Å². The molecule has 1 unspecified atom stereocenters. The summed E-state index contributed by atoms with van der Waals surface area (Å²) in [5, 5.41) is 0. The van der Waals surface area contributed by atoms with Gasteiger partial charge in [0.2, 0.25) is 5.91 Å². The Hall–Kier alpha value is -1.31. The van der Waals surface area contributed by atoms with E-state index in [-0.39, 0.29) is 11.8 Å². The largest absolute Gasteiger partial charge is 0.345 e. The predicted molar refractivity (Wildman–Crippen MR) is 65.5 cm³/mol. The van der Waals surface area contributed by atoms with E-state index in [0.29, 0.717) is 5.92 Å². The molecule has 0 aliphatic carbocycles. The van der Waals surface area contributed by atoms with Crippen molar-refractivity contribution in [3.05, 3.63) is 35.4 Å². The lowest BCUT2D eigenvalue weighted by molar-refractivity contribution is -0.127. The number of rotatable bonds is 2. The smallest absolute Gasteiger partial charge is 0.229 e. The number of carbonyl (C=O) groups is 1. The third-order valence-corrected chi connectivity index (χ3v) is 3.43. The molecule has 1 aromatic carbocycles. The normalized spacial score (nSPS) is 20.9. The maximum atomic E-state index is 11.9. The Kier molecular flexibility index (Phi) is 2.99. The van der Waals surface area contributed by atoms with E-state index in [1.165, 1.54) is 11.1 Å². The van der Waals surface area contributed by atoms with Gasteiger partial charge in [-0.15, -0.1) is 0 Å². The first-order valence-corrected chi connectivity index (χ1v) is 5.94. The van der Waals surface area contributed by atoms with Crippen LogP contribution in [0.4, 0.5) is 0 Å². The Morgan fingerprint density at radius 1 is 1.25 bits per heavy atom. The molecule has 1 atom stereocenters. The van der Waals surface area contributed by atoms with Crippen LogP contribution in [0.3, 0.4) is 0 Å². The molecule has 1 heterocycles. The molecule has 1 fully saturated rings. The molecule has 2 nitrogen and oxygen atoms in total. The standard InChI is InChI=1S/C14H19NO/c1-10(2)11-4-6-12(7-5-11)13-8-9-15(3)14(13)16/h4-7,10,13H,8-9H2,1-3H3. The van der Waals surface area contributed by atoms with E-state index in [1.54, 1.807) is 0 Å². The third kappa shape index (κ3) is 1.97. The van der Waals surface area contributed by atoms with Crippen LogP contribution in [0.5, 0.6) is 0 Å². The van der Waals surface area contributed by atoms with Crippen molar-refractivity contribution in [2.24, 2.45) is 0 Å². The molecule has 0 spiro atoms. The zero-order valence-electron chi connectivity index (χ0n) is 10.2. The van der Waals surface area contributed by atoms with Gasteiger partial charge in [0.25, 0.3) is 0 Å². The van der Waals surface area contributed by atoms with Crippen LogP contribution >= 0.6 is 0 Å². The SMILES string of the molecule is CC(C)c1ccc(C2CCN(C)C2=O)cc1. The fraction of sp³-hybridized carbons (Fsp3) is 0.500. The van der Waals surface area contributed by atoms with Crippen LogP contribution in [0.15, 0.2) is 24.3 Å². The van der Waals surface area contributed by atoms with E-state index < -0.39 is 0 Å². The summed E-state index contributed by atoms with van der Waals surface area (Å²) in [4.78, 5) is 13.7. The molecular weight excluding hydrogens is 198 g/mol. The summed E-state index contributed by atoms with van der Waals surface area (Å²) in [6.45, 7) is 5.25. The quantitative estimate of drug-likeness (QED) is 0.746. The van der Waals surface area contributed by atoms with Crippen molar-refractivity contribution in [3.8, 4) is 0 Å². The number of hydrogen-bond donors (Lipinski definition) is 0. The second-order valence-corrected chi connectivity index (χ2v) is 4.92. The Bertz CT molecular complexity index is 380. The van der Waals surface area contributed by atoms with Gasteiger partial charge in [-0.3, -0.25) is 4.79 Å². The van der Waals surface area contributed by atoms with Gasteiger partial charge in [0.15, 0.2) is 0 Å². The maximum Gasteiger partial charge on any atom is 0.229 e. The highest BCUT2D eigenvalue weighted by Crippen LogP contribution is 2.28. The van der Waals surface area contributed by atoms with Gasteiger partial charge in [-0.2, -0.15) is 0 Å². The van der Waals surface area contributed by atoms with Gasteiger partial charge >= 0.3 is 0 Å². The highest BCUT2D eigenvalue weighted by atomic mass is 16.2. The fourth-order valence-electron chi connectivity index (χ4n) is 2.24. The zero-order chi connectivity index (χ0) is 11.7. The van der Waals surface area contributed by atoms with Crippen LogP contribution in [0.2, 0.25) is 0 Å². The number of likely N-dealkylation sites (N-methyl/N-ethyl adjacent to an activating group) is 1. The van der Waals surface area contributed by atoms with Crippen LogP contribution < -0.4 is 0 Å². The topological polar surface area (TPSA) is 20.3 Å². The van der Waals surface area contributed by atoms with Crippen molar-refractivity contribution in [3.63, 3.8) is 0 Å². The minimum atomic E-state index is 0.0891. The van der Waals surface area contributed by atoms with E-state index in [0.717, 1.165) is 13.0 Å². The highest BCUT2D eigenvalue weighted by Gasteiger charge is 2.29. The first-order chi connectivity index (χ1) is 7.59. The first kappa shape index (κ1) is 11.2. The molecule has 1 aliphatic rings. The van der Waals surface area contributed by atoms with Crippen LogP contribution in [-0.2, 0) is 4.79 Å². The monoisotopic (exact) mass is 217 g/mol. The molecule has 1 amide bonds. The first-order valence-electron chi connectivity index (χ1n) is 5.94. The number of nitrogens with zero attached hydrogens (tertiary/aromatic N) is 1. The van der Waals surface area contributed by atoms with Gasteiger partial charge in [-0.1, -0.05) is 38.1 Å². The molecule has 1 saturated heterocycles. The van der Waals surface area contributed by atoms with Crippen molar-refractivity contribution in [1.82, 2.24) is 4.90 Å². The average molecular weight is 217 g/mol. The Balaban J connectivity index is 2.19. The number of hydrogen-bond acceptors (Lipinski definition) is 1. The van der Waals surface area contributed by atoms with Gasteiger partial charge in [0.05, 0.1) is 5.92 Å². The number of likely N-dealkylation sites (tertiary alicyclic amines) is 1. The molecule has 0 aromatic heterocycles. The van der Waals surface area contributed by atoms with Crippen molar-refractivity contribution in [2.45, 2.75) is 32.1 Å². The minimum Gasteiger partial charge on any atom is -0.345 e. The zero-order valence-corrected chi connectivity index (χ0v) is 10.2. The van der Waals surface area contributed by atoms with E-state index in [4.69, 9.17) is 0 Å². The molecular formula is C14H19NO. The predicted octanol–water partition coefficient (Wildman–Crippen LogP) is 2.76. The number of benzene rings is 1. The lowest BCUT2D eigenvalue weighted by Crippen LogP contribution is -2.21. The number of amides is 1. The van der Waals surface area contributed by atoms with Gasteiger partial charge in [-0.05, 0) is 23.5 Å². The third-order valence-electron chi connectivity index (χ3n) is 3.43. The Morgan fingerprint density at radius 2 is 1.88 bits per heavy atom. The molecule has 2 heteroatoms. The molecule has 0 saturated carbocycles. The molecule has 16 heavy (non-hydrogen) atoms. The fourth-order valence-corrected chi connectivity index (χ4v) is 2.24. The summed E-state index contributed by atoms with van der Waals surface area (Å²) in [6, 6.07) is 8.51. The molecule has 1 aliphatic heterocycles. The average Bonchev–Trinajstić information content (AvgIpc) is 2.60. The second kappa shape index (κ2) is 4.28. The van der Waals surface area contributed by atoms with Gasteiger partial charge in [0, 0.05) is 13.6 Å². The molecule has 2 rings (SSSR count). The van der Waals surface area contributed by atoms with E-state index in [1.807, 2.05) is 11.9 Å². The molecule has 0 radical (unpaired) electrons. The molecule has 86 valence electrons. The Morgan fingerprint density at radius 3 is 2.31 bits per heavy atom. The van der Waals surface area contributed by atoms with E-state index in [9.17, 15) is 4.79 Å². The summed E-state index contributed by atoms with van der Waals surface area (Å²) < 4.78 is 0. The minimum absolute atomic E-state index is 0.0891. The molecule has 0 N–H and O–H groups in total. The molecule has 1 aromatic rings. The summed E-state index contributed by atoms with van der Waals surface area (Å²) >= 11 is 0. The van der Waals surface area contributed by atoms with Crippen molar-refractivity contribution >= 4 is 5.91 Å². The molecule has 0 bridgehead atoms.